The Balaban J connectivity index is 1.49. The zero-order chi connectivity index (χ0) is 21.1. The summed E-state index contributed by atoms with van der Waals surface area (Å²) in [7, 11) is 0. The molecule has 0 bridgehead atoms. The van der Waals surface area contributed by atoms with Crippen LogP contribution in [0, 0.1) is 5.82 Å². The Morgan fingerprint density at radius 1 is 1.33 bits per heavy atom. The highest BCUT2D eigenvalue weighted by molar-refractivity contribution is 8.00. The molecule has 0 N–H and O–H groups in total. The van der Waals surface area contributed by atoms with Crippen molar-refractivity contribution < 1.29 is 18.7 Å². The summed E-state index contributed by atoms with van der Waals surface area (Å²) in [6.07, 6.45) is 3.73. The van der Waals surface area contributed by atoms with E-state index in [1.807, 2.05) is 0 Å². The first-order valence-electron chi connectivity index (χ1n) is 9.76. The Bertz CT molecular complexity index is 1060. The third-order valence-corrected chi connectivity index (χ3v) is 7.23. The molecule has 2 aliphatic heterocycles. The summed E-state index contributed by atoms with van der Waals surface area (Å²) in [6, 6.07) is 2.68. The van der Waals surface area contributed by atoms with Crippen molar-refractivity contribution in [1.29, 1.82) is 0 Å². The topological polar surface area (TPSA) is 74.8 Å². The average Bonchev–Trinajstić information content (AvgIpc) is 3.36. The minimum Gasteiger partial charge on any atom is -0.462 e. The van der Waals surface area contributed by atoms with E-state index in [0.717, 1.165) is 48.8 Å². The van der Waals surface area contributed by atoms with Crippen LogP contribution >= 0.6 is 34.7 Å². The Labute approximate surface area is 185 Å². The molecule has 1 aromatic carbocycles. The van der Waals surface area contributed by atoms with Crippen molar-refractivity contribution in [3.63, 3.8) is 0 Å². The van der Waals surface area contributed by atoms with E-state index in [9.17, 15) is 14.0 Å². The van der Waals surface area contributed by atoms with Gasteiger partial charge in [-0.05, 0) is 49.2 Å². The number of hydrogen-bond acceptors (Lipinski definition) is 7. The van der Waals surface area contributed by atoms with E-state index in [1.165, 1.54) is 12.1 Å². The van der Waals surface area contributed by atoms with Crippen LogP contribution in [0.3, 0.4) is 0 Å². The van der Waals surface area contributed by atoms with Gasteiger partial charge in [0, 0.05) is 24.6 Å². The number of carbonyl (C=O) groups excluding carboxylic acids is 1. The average molecular weight is 474 g/mol. The number of thioether (sulfide) groups is 1. The molecule has 1 fully saturated rings. The quantitative estimate of drug-likeness (QED) is 0.475. The summed E-state index contributed by atoms with van der Waals surface area (Å²) in [5.41, 5.74) is 0.0809. The Kier molecular flexibility index (Phi) is 6.97. The molecule has 4 rings (SSSR count). The first-order chi connectivity index (χ1) is 14.5. The van der Waals surface area contributed by atoms with Gasteiger partial charge in [-0.2, -0.15) is 0 Å². The molecule has 30 heavy (non-hydrogen) atoms. The number of carbonyl (C=O) groups is 1. The van der Waals surface area contributed by atoms with Crippen molar-refractivity contribution in [3.05, 3.63) is 37.4 Å². The van der Waals surface area contributed by atoms with Crippen LogP contribution in [0.2, 0.25) is 5.02 Å². The van der Waals surface area contributed by atoms with Gasteiger partial charge in [0.2, 0.25) is 4.80 Å². The van der Waals surface area contributed by atoms with Crippen molar-refractivity contribution in [3.8, 4) is 0 Å². The second-order valence-corrected chi connectivity index (χ2v) is 9.40. The number of esters is 1. The summed E-state index contributed by atoms with van der Waals surface area (Å²) in [4.78, 5) is 29.4. The molecule has 1 atom stereocenters. The predicted molar refractivity (Wildman–Crippen MR) is 113 cm³/mol. The highest BCUT2D eigenvalue weighted by Gasteiger charge is 2.18. The van der Waals surface area contributed by atoms with Gasteiger partial charge < -0.3 is 9.47 Å². The van der Waals surface area contributed by atoms with E-state index in [4.69, 9.17) is 21.1 Å². The lowest BCUT2D eigenvalue weighted by atomic mass is 10.2. The summed E-state index contributed by atoms with van der Waals surface area (Å²) in [6.45, 7) is 2.26. The zero-order valence-corrected chi connectivity index (χ0v) is 18.5. The minimum absolute atomic E-state index is 0.0308. The van der Waals surface area contributed by atoms with Crippen molar-refractivity contribution in [2.24, 2.45) is 4.99 Å². The monoisotopic (exact) mass is 473 g/mol. The maximum Gasteiger partial charge on any atom is 0.325 e. The maximum absolute atomic E-state index is 14.5. The van der Waals surface area contributed by atoms with Gasteiger partial charge in [0.1, 0.15) is 18.1 Å². The van der Waals surface area contributed by atoms with Gasteiger partial charge in [0.15, 0.2) is 0 Å². The van der Waals surface area contributed by atoms with Crippen LogP contribution in [0.15, 0.2) is 26.8 Å². The summed E-state index contributed by atoms with van der Waals surface area (Å²) in [5.74, 6) is -0.924. The maximum atomic E-state index is 14.5. The fraction of sp³-hybridized carbons (Fsp3) is 0.526. The van der Waals surface area contributed by atoms with Crippen molar-refractivity contribution in [1.82, 2.24) is 9.36 Å². The molecule has 1 saturated heterocycles. The van der Waals surface area contributed by atoms with Gasteiger partial charge in [-0.15, -0.1) is 11.8 Å². The molecular formula is C19H21ClFN3O4S2. The molecule has 3 heterocycles. The fourth-order valence-corrected chi connectivity index (χ4v) is 5.33. The summed E-state index contributed by atoms with van der Waals surface area (Å²) >= 11 is 8.31. The molecule has 0 spiro atoms. The van der Waals surface area contributed by atoms with E-state index in [0.29, 0.717) is 29.4 Å². The molecule has 1 unspecified atom stereocenters. The first-order valence-corrected chi connectivity index (χ1v) is 11.9. The highest BCUT2D eigenvalue weighted by atomic mass is 35.5. The van der Waals surface area contributed by atoms with Crippen molar-refractivity contribution >= 4 is 46.4 Å². The first kappa shape index (κ1) is 21.6. The molecule has 162 valence electrons. The normalized spacial score (nSPS) is 19.1. The number of halogens is 2. The van der Waals surface area contributed by atoms with E-state index < -0.39 is 5.82 Å². The van der Waals surface area contributed by atoms with Crippen LogP contribution in [0.4, 0.5) is 10.1 Å². The van der Waals surface area contributed by atoms with Gasteiger partial charge in [-0.25, -0.2) is 14.1 Å². The van der Waals surface area contributed by atoms with Crippen molar-refractivity contribution in [2.45, 2.75) is 49.8 Å². The number of rotatable bonds is 6. The lowest BCUT2D eigenvalue weighted by molar-refractivity contribution is -0.143. The molecule has 0 radical (unpaired) electrons. The number of fused-ring (bicyclic) bond motifs is 1. The number of nitrogens with zero attached hydrogens (tertiary/aromatic N) is 3. The van der Waals surface area contributed by atoms with Gasteiger partial charge in [0.25, 0.3) is 0 Å². The second kappa shape index (κ2) is 9.67. The largest absolute Gasteiger partial charge is 0.462 e. The van der Waals surface area contributed by atoms with Gasteiger partial charge in [0.05, 0.1) is 16.9 Å². The molecule has 11 heteroatoms. The van der Waals surface area contributed by atoms with Gasteiger partial charge in [-0.1, -0.05) is 11.6 Å². The molecular weight excluding hydrogens is 453 g/mol. The van der Waals surface area contributed by atoms with Gasteiger partial charge in [-0.3, -0.25) is 14.3 Å². The lowest BCUT2D eigenvalue weighted by Crippen LogP contribution is -2.31. The van der Waals surface area contributed by atoms with E-state index in [-0.39, 0.29) is 40.0 Å². The number of ether oxygens (including phenoxy) is 2. The molecule has 0 saturated carbocycles. The predicted octanol–water partition coefficient (Wildman–Crippen LogP) is 3.34. The molecule has 0 amide bonds. The third-order valence-electron chi connectivity index (χ3n) is 4.91. The second-order valence-electron chi connectivity index (χ2n) is 7.06. The Morgan fingerprint density at radius 3 is 2.90 bits per heavy atom. The van der Waals surface area contributed by atoms with E-state index in [1.54, 1.807) is 9.36 Å². The zero-order valence-electron chi connectivity index (χ0n) is 16.1. The van der Waals surface area contributed by atoms with Crippen LogP contribution in [-0.2, 0) is 27.4 Å². The summed E-state index contributed by atoms with van der Waals surface area (Å²) < 4.78 is 28.6. The van der Waals surface area contributed by atoms with Crippen molar-refractivity contribution in [2.75, 3.05) is 19.0 Å². The Morgan fingerprint density at radius 2 is 2.13 bits per heavy atom. The number of aromatic nitrogens is 2. The number of benzene rings is 1. The fourth-order valence-electron chi connectivity index (χ4n) is 3.38. The van der Waals surface area contributed by atoms with E-state index in [2.05, 4.69) is 4.99 Å². The summed E-state index contributed by atoms with van der Waals surface area (Å²) in [5, 5.41) is 0.197. The van der Waals surface area contributed by atoms with Crippen LogP contribution in [0.1, 0.15) is 25.7 Å². The highest BCUT2D eigenvalue weighted by Crippen LogP contribution is 2.33. The SMILES string of the molecule is O=C(CSc1cc(N=c2sc(=O)n3n2CCCC3)c(F)cc1Cl)OCC1CCCO1. The third kappa shape index (κ3) is 4.99. The Hall–Kier alpha value is -1.62. The standard InChI is InChI=1S/C19H21ClFN3O4S2/c20-13-8-14(21)15(22-18-23-5-1-2-6-24(23)19(26)30-18)9-16(13)29-11-17(25)28-10-12-4-3-7-27-12/h8-9,12H,1-7,10-11H2. The molecule has 0 aliphatic carbocycles. The molecule has 7 nitrogen and oxygen atoms in total. The smallest absolute Gasteiger partial charge is 0.325 e. The van der Waals surface area contributed by atoms with Crippen LogP contribution in [0.5, 0.6) is 0 Å². The molecule has 2 aromatic rings. The van der Waals surface area contributed by atoms with Crippen LogP contribution in [-0.4, -0.2) is 40.4 Å². The molecule has 2 aliphatic rings. The number of hydrogen-bond donors (Lipinski definition) is 0. The van der Waals surface area contributed by atoms with Gasteiger partial charge >= 0.3 is 10.8 Å². The van der Waals surface area contributed by atoms with E-state index >= 15 is 0 Å². The lowest BCUT2D eigenvalue weighted by Gasteiger charge is -2.15. The van der Waals surface area contributed by atoms with Crippen LogP contribution in [0.25, 0.3) is 0 Å². The van der Waals surface area contributed by atoms with Crippen LogP contribution < -0.4 is 9.67 Å². The minimum atomic E-state index is -0.582. The molecule has 1 aromatic heterocycles.